The van der Waals surface area contributed by atoms with Crippen LogP contribution >= 0.6 is 0 Å². The summed E-state index contributed by atoms with van der Waals surface area (Å²) in [4.78, 5) is 90.8. The molecule has 5 aliphatic rings. The van der Waals surface area contributed by atoms with Crippen molar-refractivity contribution >= 4 is 52.2 Å². The molecular weight excluding hydrogens is 1080 g/mol. The Morgan fingerprint density at radius 3 is 1.90 bits per heavy atom. The zero-order valence-corrected chi connectivity index (χ0v) is 51.6. The van der Waals surface area contributed by atoms with Gasteiger partial charge in [0, 0.05) is 25.7 Å². The molecule has 0 spiro atoms. The van der Waals surface area contributed by atoms with E-state index in [1.54, 1.807) is 119 Å². The van der Waals surface area contributed by atoms with E-state index in [-0.39, 0.29) is 54.3 Å². The van der Waals surface area contributed by atoms with Crippen molar-refractivity contribution in [2.45, 2.75) is 186 Å². The third kappa shape index (κ3) is 11.0. The Kier molecular flexibility index (Phi) is 18.8. The summed E-state index contributed by atoms with van der Waals surface area (Å²) in [7, 11) is -5.59. The van der Waals surface area contributed by atoms with E-state index in [1.165, 1.54) is 13.8 Å². The fraction of sp³-hybridized carbons (Fsp3) is 0.556. The number of para-hydroxylation sites is 1. The molecule has 82 heavy (non-hydrogen) atoms. The molecule has 1 amide bonds. The molecule has 12 atom stereocenters. The van der Waals surface area contributed by atoms with Gasteiger partial charge in [0.15, 0.2) is 46.3 Å². The van der Waals surface area contributed by atoms with Crippen LogP contribution in [0, 0.1) is 16.7 Å². The smallest absolute Gasteiger partial charge is 0.338 e. The number of hydrogen-bond acceptors (Lipinski definition) is 16. The number of nitrogens with one attached hydrogen (secondary N) is 1. The van der Waals surface area contributed by atoms with Crippen molar-refractivity contribution < 1.29 is 75.9 Å². The van der Waals surface area contributed by atoms with Gasteiger partial charge in [-0.05, 0) is 97.2 Å². The van der Waals surface area contributed by atoms with E-state index in [0.29, 0.717) is 41.8 Å². The number of benzene rings is 3. The Balaban J connectivity index is 1.47. The second-order valence-corrected chi connectivity index (χ2v) is 32.8. The number of fused-ring (bicyclic) bond motifs is 8. The van der Waals surface area contributed by atoms with Gasteiger partial charge in [0.05, 0.1) is 47.8 Å². The van der Waals surface area contributed by atoms with Crippen LogP contribution < -0.4 is 10.1 Å². The number of rotatable bonds is 15. The Bertz CT molecular complexity index is 2890. The summed E-state index contributed by atoms with van der Waals surface area (Å²) in [6, 6.07) is 26.4. The van der Waals surface area contributed by atoms with Crippen molar-refractivity contribution in [1.82, 2.24) is 5.32 Å². The lowest BCUT2D eigenvalue weighted by molar-refractivity contribution is -0.352. The van der Waals surface area contributed by atoms with Crippen molar-refractivity contribution in [3.8, 4) is 5.75 Å². The number of carbonyl (C=O) groups is 6. The Morgan fingerprint density at radius 2 is 1.32 bits per heavy atom. The first-order chi connectivity index (χ1) is 39.0. The third-order valence-electron chi connectivity index (χ3n) is 19.1. The van der Waals surface area contributed by atoms with Crippen LogP contribution in [0.4, 0.5) is 0 Å². The zero-order valence-electron chi connectivity index (χ0n) is 49.6. The minimum atomic E-state index is -2.86. The zero-order chi connectivity index (χ0) is 59.6. The average Bonchev–Trinajstić information content (AvgIpc) is 1.01. The van der Waals surface area contributed by atoms with Gasteiger partial charge >= 0.3 is 23.9 Å². The van der Waals surface area contributed by atoms with E-state index in [4.69, 9.17) is 42.0 Å². The Morgan fingerprint density at radius 1 is 0.732 bits per heavy atom. The van der Waals surface area contributed by atoms with Gasteiger partial charge < -0.3 is 52.4 Å². The average molecular weight is 1170 g/mol. The number of amides is 1. The number of ether oxygens (including phenoxy) is 7. The Labute approximate surface area is 484 Å². The molecule has 3 aliphatic carbocycles. The van der Waals surface area contributed by atoms with Crippen molar-refractivity contribution in [3.63, 3.8) is 0 Å². The highest BCUT2D eigenvalue weighted by Gasteiger charge is 2.80. The summed E-state index contributed by atoms with van der Waals surface area (Å²) in [6.45, 7) is 20.6. The van der Waals surface area contributed by atoms with Gasteiger partial charge in [0.25, 0.3) is 5.91 Å². The molecule has 2 aliphatic heterocycles. The lowest BCUT2D eigenvalue weighted by atomic mass is 9.44. The van der Waals surface area contributed by atoms with Gasteiger partial charge in [-0.15, -0.1) is 0 Å². The maximum Gasteiger partial charge on any atom is 0.338 e. The highest BCUT2D eigenvalue weighted by atomic mass is 28.4. The van der Waals surface area contributed by atoms with Gasteiger partial charge in [0.1, 0.15) is 36.3 Å². The number of aliphatic hydroxyl groups is 1. The van der Waals surface area contributed by atoms with Crippen molar-refractivity contribution in [3.05, 3.63) is 125 Å². The van der Waals surface area contributed by atoms with E-state index in [9.17, 15) is 14.4 Å². The minimum Gasteiger partial charge on any atom is -0.489 e. The first-order valence-corrected chi connectivity index (χ1v) is 34.2. The molecule has 2 saturated carbocycles. The van der Waals surface area contributed by atoms with Crippen molar-refractivity contribution in [2.24, 2.45) is 16.7 Å². The van der Waals surface area contributed by atoms with Crippen LogP contribution in [0.5, 0.6) is 5.75 Å². The molecule has 444 valence electrons. The van der Waals surface area contributed by atoms with E-state index < -0.39 is 129 Å². The second-order valence-electron chi connectivity index (χ2n) is 23.3. The molecule has 19 heteroatoms. The van der Waals surface area contributed by atoms with Gasteiger partial charge in [-0.25, -0.2) is 9.59 Å². The highest BCUT2D eigenvalue weighted by Crippen LogP contribution is 2.66. The largest absolute Gasteiger partial charge is 0.489 e. The second kappa shape index (κ2) is 24.8. The molecule has 2 N–H and O–H groups in total. The van der Waals surface area contributed by atoms with E-state index >= 15 is 19.5 Å². The van der Waals surface area contributed by atoms with Crippen LogP contribution in [0.25, 0.3) is 0 Å². The SMILES string of the molecule is CC[Si](CC)(CC)O[C@H]1C[C@H]2OC[C@@]2(OC(C)=O)[C@H]2[C@H](OC(=O)c3ccccc3)[C@]3(O)[C@H]4OC/C=C\COc5ccccc5C(=O)N[C@@H](c5ccccc5)[C@@H](O[Si](CC)(CC)CC)C(=O)O[C@@H]4C(C)=C([C@@H](OC(C)=O)C(=O)[C@]12C)C3(C)C. The number of hydrogen-bond donors (Lipinski definition) is 2. The van der Waals surface area contributed by atoms with Gasteiger partial charge in [-0.2, -0.15) is 0 Å². The number of esters is 4. The van der Waals surface area contributed by atoms with Gasteiger partial charge in [-0.1, -0.05) is 122 Å². The predicted octanol–water partition coefficient (Wildman–Crippen LogP) is 9.74. The minimum absolute atomic E-state index is 0.0310. The third-order valence-corrected chi connectivity index (χ3v) is 28.3. The molecule has 2 bridgehead atoms. The normalized spacial score (nSPS) is 31.5. The summed E-state index contributed by atoms with van der Waals surface area (Å²) in [6.07, 6.45) is -7.31. The first kappa shape index (κ1) is 62.2. The van der Waals surface area contributed by atoms with Crippen LogP contribution in [0.1, 0.15) is 122 Å². The predicted molar refractivity (Wildman–Crippen MR) is 310 cm³/mol. The van der Waals surface area contributed by atoms with Gasteiger partial charge in [-0.3, -0.25) is 19.2 Å². The highest BCUT2D eigenvalue weighted by molar-refractivity contribution is 6.74. The molecule has 3 fully saturated rings. The Hall–Kier alpha value is -5.81. The van der Waals surface area contributed by atoms with E-state index in [0.717, 1.165) is 0 Å². The molecule has 17 nitrogen and oxygen atoms in total. The van der Waals surface area contributed by atoms with Crippen LogP contribution in [0.3, 0.4) is 0 Å². The topological polar surface area (TPSA) is 218 Å². The standard InChI is InChI=1S/C63H83NO16Si2/c1-13-81(14-2,15-3)79-46-37-47-62(38-74-47,78-41(9)66)53-56(77-58(69)43-31-23-20-24-32-43)63(71)55-50(39(7)48(60(63,10)11)51(75-40(8)65)54(67)61(46,53)12)76-59(70)52(80-82(16-4,17-5)18-6)49(42-29-21-19-22-30-42)64-57(68)44-33-25-26-34-45(44)72-35-27-28-36-73-55/h19-34,46-47,49-53,55-56,71H,13-18,35-38H2,1-12H3,(H,64,68)/b28-27-/t46-,47+,49-,50+,51+,52+,53-,55-,56-,61+,62-,63+/m0/s1. The summed E-state index contributed by atoms with van der Waals surface area (Å²) in [5, 5.41) is 18.3. The number of carbonyl (C=O) groups excluding carboxylic acids is 6. The summed E-state index contributed by atoms with van der Waals surface area (Å²) >= 11 is 0. The lowest BCUT2D eigenvalue weighted by Gasteiger charge is -2.69. The van der Waals surface area contributed by atoms with Crippen LogP contribution in [0.2, 0.25) is 36.3 Å². The molecule has 3 aromatic rings. The molecule has 0 aromatic heterocycles. The van der Waals surface area contributed by atoms with Crippen LogP contribution in [0.15, 0.2) is 108 Å². The molecule has 2 heterocycles. The van der Waals surface area contributed by atoms with E-state index in [2.05, 4.69) is 26.1 Å². The van der Waals surface area contributed by atoms with E-state index in [1.807, 2.05) is 26.8 Å². The molecule has 0 unspecified atom stereocenters. The molecular formula is C63H83NO16Si2. The first-order valence-electron chi connectivity index (χ1n) is 29.1. The maximum absolute atomic E-state index is 16.9. The molecule has 3 aromatic carbocycles. The van der Waals surface area contributed by atoms with Crippen molar-refractivity contribution in [2.75, 3.05) is 19.8 Å². The fourth-order valence-electron chi connectivity index (χ4n) is 13.9. The van der Waals surface area contributed by atoms with Gasteiger partial charge in [0.2, 0.25) is 0 Å². The number of ketones is 1. The molecule has 0 radical (unpaired) electrons. The lowest BCUT2D eigenvalue weighted by Crippen LogP contribution is -2.84. The summed E-state index contributed by atoms with van der Waals surface area (Å²) < 4.78 is 61.2. The molecule has 1 saturated heterocycles. The summed E-state index contributed by atoms with van der Waals surface area (Å²) in [5.41, 5.74) is -7.12. The summed E-state index contributed by atoms with van der Waals surface area (Å²) in [5.74, 6) is -5.94. The van der Waals surface area contributed by atoms with Crippen LogP contribution in [-0.2, 0) is 56.5 Å². The maximum atomic E-state index is 16.9. The van der Waals surface area contributed by atoms with Crippen LogP contribution in [-0.4, -0.2) is 131 Å². The van der Waals surface area contributed by atoms with Crippen molar-refractivity contribution in [1.29, 1.82) is 0 Å². The quantitative estimate of drug-likeness (QED) is 0.0626. The monoisotopic (exact) mass is 1170 g/mol. The molecule has 8 rings (SSSR count). The fourth-order valence-corrected chi connectivity index (χ4v) is 19.7. The number of Topliss-reactive ketones (excluding diaryl/α,β-unsaturated/α-hetero) is 1.